The lowest BCUT2D eigenvalue weighted by molar-refractivity contribution is 0.0785. The molecule has 3 nitrogen and oxygen atoms in total. The van der Waals surface area contributed by atoms with Crippen LogP contribution in [0.3, 0.4) is 0 Å². The van der Waals surface area contributed by atoms with Crippen LogP contribution in [-0.4, -0.2) is 36.5 Å². The maximum absolute atomic E-state index is 12.6. The number of carbonyl (C=O) groups excluding carboxylic acids is 1. The highest BCUT2D eigenvalue weighted by Gasteiger charge is 2.36. The zero-order chi connectivity index (χ0) is 14.3. The van der Waals surface area contributed by atoms with Crippen molar-refractivity contribution in [2.24, 2.45) is 5.92 Å². The van der Waals surface area contributed by atoms with Gasteiger partial charge in [0, 0.05) is 34.7 Å². The molecule has 0 bridgehead atoms. The molecule has 0 saturated carbocycles. The van der Waals surface area contributed by atoms with Crippen molar-refractivity contribution in [2.45, 2.75) is 25.8 Å². The molecule has 0 aromatic heterocycles. The first-order valence-electron chi connectivity index (χ1n) is 7.04. The van der Waals surface area contributed by atoms with Crippen molar-refractivity contribution in [3.63, 3.8) is 0 Å². The van der Waals surface area contributed by atoms with Crippen LogP contribution in [0.5, 0.6) is 0 Å². The Balaban J connectivity index is 1.79. The van der Waals surface area contributed by atoms with Crippen molar-refractivity contribution in [3.05, 3.63) is 33.3 Å². The average molecular weight is 313 g/mol. The molecule has 0 radical (unpaired) electrons. The molecule has 2 unspecified atom stereocenters. The van der Waals surface area contributed by atoms with Gasteiger partial charge in [-0.2, -0.15) is 0 Å². The lowest BCUT2D eigenvalue weighted by atomic mass is 9.94. The van der Waals surface area contributed by atoms with E-state index in [2.05, 4.69) is 5.32 Å². The van der Waals surface area contributed by atoms with Gasteiger partial charge < -0.3 is 10.2 Å². The van der Waals surface area contributed by atoms with Crippen LogP contribution in [0, 0.1) is 12.8 Å². The first-order chi connectivity index (χ1) is 9.56. The minimum Gasteiger partial charge on any atom is -0.337 e. The number of amides is 1. The minimum atomic E-state index is 0.0324. The maximum Gasteiger partial charge on any atom is 0.254 e. The Hall–Kier alpha value is -0.770. The Kier molecular flexibility index (Phi) is 3.93. The second-order valence-corrected chi connectivity index (χ2v) is 6.55. The maximum atomic E-state index is 12.6. The molecule has 2 atom stereocenters. The average Bonchev–Trinajstić information content (AvgIpc) is 2.87. The van der Waals surface area contributed by atoms with E-state index in [9.17, 15) is 4.79 Å². The molecule has 1 aromatic rings. The molecule has 1 N–H and O–H groups in total. The first kappa shape index (κ1) is 14.2. The molecule has 2 saturated heterocycles. The Bertz CT molecular complexity index is 510. The van der Waals surface area contributed by atoms with Crippen LogP contribution in [-0.2, 0) is 0 Å². The normalized spacial score (nSPS) is 25.6. The van der Waals surface area contributed by atoms with Gasteiger partial charge in [-0.05, 0) is 49.9 Å². The Morgan fingerprint density at radius 3 is 2.65 bits per heavy atom. The van der Waals surface area contributed by atoms with E-state index in [1.165, 1.54) is 12.8 Å². The summed E-state index contributed by atoms with van der Waals surface area (Å²) < 4.78 is 0. The van der Waals surface area contributed by atoms with Crippen LogP contribution in [0.4, 0.5) is 0 Å². The van der Waals surface area contributed by atoms with Gasteiger partial charge in [-0.15, -0.1) is 0 Å². The summed E-state index contributed by atoms with van der Waals surface area (Å²) in [5.41, 5.74) is 1.41. The van der Waals surface area contributed by atoms with Crippen molar-refractivity contribution in [2.75, 3.05) is 19.6 Å². The van der Waals surface area contributed by atoms with E-state index in [4.69, 9.17) is 23.2 Å². The lowest BCUT2D eigenvalue weighted by Crippen LogP contribution is -2.41. The zero-order valence-electron chi connectivity index (χ0n) is 11.5. The molecule has 0 spiro atoms. The first-order valence-corrected chi connectivity index (χ1v) is 7.80. The third kappa shape index (κ3) is 2.54. The third-order valence-corrected chi connectivity index (χ3v) is 5.20. The smallest absolute Gasteiger partial charge is 0.254 e. The van der Waals surface area contributed by atoms with E-state index < -0.39 is 0 Å². The van der Waals surface area contributed by atoms with Gasteiger partial charge in [-0.3, -0.25) is 4.79 Å². The molecule has 20 heavy (non-hydrogen) atoms. The van der Waals surface area contributed by atoms with Gasteiger partial charge >= 0.3 is 0 Å². The van der Waals surface area contributed by atoms with Crippen LogP contribution in [0.15, 0.2) is 12.1 Å². The van der Waals surface area contributed by atoms with Gasteiger partial charge in [-0.1, -0.05) is 23.2 Å². The van der Waals surface area contributed by atoms with Crippen molar-refractivity contribution in [1.29, 1.82) is 0 Å². The summed E-state index contributed by atoms with van der Waals surface area (Å²) in [6, 6.07) is 3.89. The molecule has 2 heterocycles. The number of fused-ring (bicyclic) bond motifs is 1. The number of hydrogen-bond acceptors (Lipinski definition) is 2. The monoisotopic (exact) mass is 312 g/mol. The number of carbonyl (C=O) groups is 1. The van der Waals surface area contributed by atoms with Crippen LogP contribution < -0.4 is 5.32 Å². The van der Waals surface area contributed by atoms with E-state index in [1.807, 2.05) is 11.8 Å². The molecule has 108 valence electrons. The highest BCUT2D eigenvalue weighted by Crippen LogP contribution is 2.29. The van der Waals surface area contributed by atoms with Crippen molar-refractivity contribution in [3.8, 4) is 0 Å². The van der Waals surface area contributed by atoms with Gasteiger partial charge in [0.05, 0.1) is 0 Å². The van der Waals surface area contributed by atoms with E-state index in [1.54, 1.807) is 12.1 Å². The number of nitrogens with zero attached hydrogens (tertiary/aromatic N) is 1. The topological polar surface area (TPSA) is 32.3 Å². The fourth-order valence-electron chi connectivity index (χ4n) is 3.16. The second-order valence-electron chi connectivity index (χ2n) is 5.74. The van der Waals surface area contributed by atoms with Crippen LogP contribution >= 0.6 is 23.2 Å². The van der Waals surface area contributed by atoms with Gasteiger partial charge in [-0.25, -0.2) is 0 Å². The van der Waals surface area contributed by atoms with Gasteiger partial charge in [0.1, 0.15) is 0 Å². The number of halogens is 2. The molecular weight excluding hydrogens is 295 g/mol. The van der Waals surface area contributed by atoms with Crippen molar-refractivity contribution >= 4 is 29.1 Å². The van der Waals surface area contributed by atoms with Gasteiger partial charge in [0.25, 0.3) is 5.91 Å². The molecule has 1 amide bonds. The van der Waals surface area contributed by atoms with Crippen LogP contribution in [0.1, 0.15) is 28.8 Å². The predicted octanol–water partition coefficient (Wildman–Crippen LogP) is 3.13. The molecular formula is C15H18Cl2N2O. The highest BCUT2D eigenvalue weighted by atomic mass is 35.5. The fourth-order valence-corrected chi connectivity index (χ4v) is 3.65. The standard InChI is InChI=1S/C15H18Cl2N2O/c1-9-12(16)5-11(6-13(9)17)15(20)19-7-10-3-2-4-18-14(10)8-19/h5-6,10,14,18H,2-4,7-8H2,1H3. The van der Waals surface area contributed by atoms with E-state index in [0.717, 1.165) is 25.2 Å². The molecule has 1 aromatic carbocycles. The van der Waals surface area contributed by atoms with Gasteiger partial charge in [0.15, 0.2) is 0 Å². The largest absolute Gasteiger partial charge is 0.337 e. The molecule has 5 heteroatoms. The van der Waals surface area contributed by atoms with Crippen molar-refractivity contribution in [1.82, 2.24) is 10.2 Å². The molecule has 0 aliphatic carbocycles. The summed E-state index contributed by atoms with van der Waals surface area (Å²) in [6.45, 7) is 4.53. The van der Waals surface area contributed by atoms with Crippen LogP contribution in [0.2, 0.25) is 10.0 Å². The number of rotatable bonds is 1. The number of piperidine rings is 1. The summed E-state index contributed by atoms with van der Waals surface area (Å²) in [6.07, 6.45) is 2.41. The quantitative estimate of drug-likeness (QED) is 0.864. The molecule has 2 aliphatic rings. The molecule has 2 fully saturated rings. The third-order valence-electron chi connectivity index (χ3n) is 4.41. The molecule has 3 rings (SSSR count). The number of nitrogens with one attached hydrogen (secondary N) is 1. The Morgan fingerprint density at radius 1 is 1.30 bits per heavy atom. The minimum absolute atomic E-state index is 0.0324. The summed E-state index contributed by atoms with van der Waals surface area (Å²) in [5.74, 6) is 0.620. The Morgan fingerprint density at radius 2 is 2.00 bits per heavy atom. The number of likely N-dealkylation sites (tertiary alicyclic amines) is 1. The van der Waals surface area contributed by atoms with Gasteiger partial charge in [0.2, 0.25) is 0 Å². The second kappa shape index (κ2) is 5.55. The number of hydrogen-bond donors (Lipinski definition) is 1. The highest BCUT2D eigenvalue weighted by molar-refractivity contribution is 6.36. The predicted molar refractivity (Wildman–Crippen MR) is 81.6 cm³/mol. The summed E-state index contributed by atoms with van der Waals surface area (Å²) in [4.78, 5) is 14.5. The van der Waals surface area contributed by atoms with Crippen LogP contribution in [0.25, 0.3) is 0 Å². The summed E-state index contributed by atoms with van der Waals surface area (Å²) in [5, 5.41) is 4.61. The molecule has 2 aliphatic heterocycles. The zero-order valence-corrected chi connectivity index (χ0v) is 13.0. The lowest BCUT2D eigenvalue weighted by Gasteiger charge is -2.24. The van der Waals surface area contributed by atoms with Crippen molar-refractivity contribution < 1.29 is 4.79 Å². The van der Waals surface area contributed by atoms with E-state index >= 15 is 0 Å². The summed E-state index contributed by atoms with van der Waals surface area (Å²) in [7, 11) is 0. The number of benzene rings is 1. The summed E-state index contributed by atoms with van der Waals surface area (Å²) >= 11 is 12.2. The fraction of sp³-hybridized carbons (Fsp3) is 0.533. The Labute approximate surface area is 129 Å². The SMILES string of the molecule is Cc1c(Cl)cc(C(=O)N2CC3CCCNC3C2)cc1Cl. The van der Waals surface area contributed by atoms with E-state index in [0.29, 0.717) is 27.6 Å². The van der Waals surface area contributed by atoms with E-state index in [-0.39, 0.29) is 5.91 Å².